The number of nitrogens with zero attached hydrogens (tertiary/aromatic N) is 2. The summed E-state index contributed by atoms with van der Waals surface area (Å²) in [5.74, 6) is 0.0465. The van der Waals surface area contributed by atoms with Gasteiger partial charge in [-0.3, -0.25) is 14.0 Å². The molecule has 1 aromatic carbocycles. The van der Waals surface area contributed by atoms with E-state index in [1.807, 2.05) is 0 Å². The molecule has 1 atom stereocenters. The zero-order valence-corrected chi connectivity index (χ0v) is 15.3. The number of anilines is 1. The first-order chi connectivity index (χ1) is 12.0. The number of rotatable bonds is 5. The Hall–Kier alpha value is -1.64. The molecule has 25 heavy (non-hydrogen) atoms. The molecule has 1 amide bonds. The normalized spacial score (nSPS) is 21.9. The van der Waals surface area contributed by atoms with Gasteiger partial charge in [0.25, 0.3) is 5.91 Å². The van der Waals surface area contributed by atoms with E-state index in [0.717, 1.165) is 26.3 Å². The van der Waals surface area contributed by atoms with Crippen molar-refractivity contribution in [2.24, 2.45) is 0 Å². The highest BCUT2D eigenvalue weighted by Crippen LogP contribution is 2.24. The van der Waals surface area contributed by atoms with Crippen molar-refractivity contribution in [3.8, 4) is 0 Å². The van der Waals surface area contributed by atoms with Gasteiger partial charge in [0.1, 0.15) is 0 Å². The second-order valence-electron chi connectivity index (χ2n) is 6.50. The van der Waals surface area contributed by atoms with Gasteiger partial charge < -0.3 is 10.1 Å². The minimum Gasteiger partial charge on any atom is -0.379 e. The van der Waals surface area contributed by atoms with Gasteiger partial charge in [-0.1, -0.05) is 0 Å². The van der Waals surface area contributed by atoms with Gasteiger partial charge in [-0.2, -0.15) is 0 Å². The maximum atomic E-state index is 12.3. The summed E-state index contributed by atoms with van der Waals surface area (Å²) in [5, 5.41) is 2.95. The number of nitrogens with one attached hydrogen (secondary N) is 1. The minimum absolute atomic E-state index is 0.143. The fraction of sp³-hybridized carbons (Fsp3) is 0.588. The highest BCUT2D eigenvalue weighted by atomic mass is 32.2. The van der Waals surface area contributed by atoms with E-state index in [1.165, 1.54) is 4.31 Å². The van der Waals surface area contributed by atoms with Crippen molar-refractivity contribution in [3.63, 3.8) is 0 Å². The molecule has 2 heterocycles. The summed E-state index contributed by atoms with van der Waals surface area (Å²) in [6.07, 6.45) is 0.643. The zero-order chi connectivity index (χ0) is 17.9. The van der Waals surface area contributed by atoms with Crippen LogP contribution in [0.25, 0.3) is 0 Å². The van der Waals surface area contributed by atoms with E-state index in [0.29, 0.717) is 30.8 Å². The molecule has 1 N–H and O–H groups in total. The Morgan fingerprint density at radius 3 is 2.48 bits per heavy atom. The van der Waals surface area contributed by atoms with Crippen LogP contribution in [0.1, 0.15) is 23.7 Å². The SMILES string of the molecule is CC(CNC(=O)c1ccc(N2CCCS2(=O)=O)cc1)N1CCOCC1. The molecule has 138 valence electrons. The second-order valence-corrected chi connectivity index (χ2v) is 8.51. The van der Waals surface area contributed by atoms with Crippen LogP contribution in [-0.4, -0.2) is 70.4 Å². The number of amides is 1. The Morgan fingerprint density at radius 1 is 1.20 bits per heavy atom. The van der Waals surface area contributed by atoms with E-state index < -0.39 is 10.0 Å². The fourth-order valence-corrected chi connectivity index (χ4v) is 4.76. The van der Waals surface area contributed by atoms with E-state index >= 15 is 0 Å². The summed E-state index contributed by atoms with van der Waals surface area (Å²) in [5.41, 5.74) is 1.16. The summed E-state index contributed by atoms with van der Waals surface area (Å²) in [4.78, 5) is 14.6. The number of benzene rings is 1. The lowest BCUT2D eigenvalue weighted by Crippen LogP contribution is -2.47. The van der Waals surface area contributed by atoms with Crippen molar-refractivity contribution in [2.45, 2.75) is 19.4 Å². The molecule has 1 unspecified atom stereocenters. The van der Waals surface area contributed by atoms with E-state index in [2.05, 4.69) is 17.1 Å². The molecule has 8 heteroatoms. The van der Waals surface area contributed by atoms with Gasteiger partial charge in [-0.05, 0) is 37.6 Å². The molecule has 3 rings (SSSR count). The van der Waals surface area contributed by atoms with Crippen molar-refractivity contribution in [1.82, 2.24) is 10.2 Å². The van der Waals surface area contributed by atoms with Crippen LogP contribution >= 0.6 is 0 Å². The van der Waals surface area contributed by atoms with Crippen molar-refractivity contribution in [3.05, 3.63) is 29.8 Å². The van der Waals surface area contributed by atoms with E-state index in [1.54, 1.807) is 24.3 Å². The maximum absolute atomic E-state index is 12.3. The van der Waals surface area contributed by atoms with Crippen LogP contribution in [0.5, 0.6) is 0 Å². The predicted molar refractivity (Wildman–Crippen MR) is 96.4 cm³/mol. The Kier molecular flexibility index (Phi) is 5.61. The Bertz CT molecular complexity index is 699. The average Bonchev–Trinajstić information content (AvgIpc) is 2.99. The van der Waals surface area contributed by atoms with Gasteiger partial charge in [-0.15, -0.1) is 0 Å². The molecule has 0 saturated carbocycles. The molecular formula is C17H25N3O4S. The van der Waals surface area contributed by atoms with Crippen LogP contribution in [-0.2, 0) is 14.8 Å². The lowest BCUT2D eigenvalue weighted by molar-refractivity contribution is 0.0204. The molecule has 7 nitrogen and oxygen atoms in total. The molecule has 0 spiro atoms. The molecule has 0 aliphatic carbocycles. The minimum atomic E-state index is -3.19. The zero-order valence-electron chi connectivity index (χ0n) is 14.5. The quantitative estimate of drug-likeness (QED) is 0.828. The number of morpholine rings is 1. The van der Waals surface area contributed by atoms with Gasteiger partial charge in [-0.25, -0.2) is 8.42 Å². The van der Waals surface area contributed by atoms with Crippen LogP contribution in [0.2, 0.25) is 0 Å². The maximum Gasteiger partial charge on any atom is 0.251 e. The number of hydrogen-bond acceptors (Lipinski definition) is 5. The number of sulfonamides is 1. The van der Waals surface area contributed by atoms with Crippen LogP contribution in [0.3, 0.4) is 0 Å². The summed E-state index contributed by atoms with van der Waals surface area (Å²) in [7, 11) is -3.19. The largest absolute Gasteiger partial charge is 0.379 e. The molecule has 2 aliphatic heterocycles. The summed E-state index contributed by atoms with van der Waals surface area (Å²) >= 11 is 0. The van der Waals surface area contributed by atoms with Crippen LogP contribution in [0.15, 0.2) is 24.3 Å². The monoisotopic (exact) mass is 367 g/mol. The number of carbonyl (C=O) groups excluding carboxylic acids is 1. The molecule has 2 saturated heterocycles. The fourth-order valence-electron chi connectivity index (χ4n) is 3.20. The molecular weight excluding hydrogens is 342 g/mol. The highest BCUT2D eigenvalue weighted by molar-refractivity contribution is 7.93. The lowest BCUT2D eigenvalue weighted by Gasteiger charge is -2.32. The second kappa shape index (κ2) is 7.72. The molecule has 0 bridgehead atoms. The molecule has 0 aromatic heterocycles. The van der Waals surface area contributed by atoms with Gasteiger partial charge in [0, 0.05) is 37.8 Å². The van der Waals surface area contributed by atoms with Crippen LogP contribution < -0.4 is 9.62 Å². The summed E-state index contributed by atoms with van der Waals surface area (Å²) in [6.45, 7) is 6.41. The van der Waals surface area contributed by atoms with Crippen molar-refractivity contribution in [1.29, 1.82) is 0 Å². The Morgan fingerprint density at radius 2 is 1.88 bits per heavy atom. The van der Waals surface area contributed by atoms with E-state index in [4.69, 9.17) is 4.74 Å². The smallest absolute Gasteiger partial charge is 0.251 e. The molecule has 2 aliphatic rings. The van der Waals surface area contributed by atoms with Crippen LogP contribution in [0.4, 0.5) is 5.69 Å². The van der Waals surface area contributed by atoms with Crippen molar-refractivity contribution < 1.29 is 17.9 Å². The predicted octanol–water partition coefficient (Wildman–Crippen LogP) is 0.677. The third-order valence-corrected chi connectivity index (χ3v) is 6.61. The summed E-state index contributed by atoms with van der Waals surface area (Å²) < 4.78 is 30.6. The number of ether oxygens (including phenoxy) is 1. The van der Waals surface area contributed by atoms with E-state index in [-0.39, 0.29) is 17.7 Å². The first-order valence-corrected chi connectivity index (χ1v) is 10.3. The van der Waals surface area contributed by atoms with E-state index in [9.17, 15) is 13.2 Å². The van der Waals surface area contributed by atoms with Gasteiger partial charge in [0.2, 0.25) is 10.0 Å². The third-order valence-electron chi connectivity index (χ3n) is 4.74. The van der Waals surface area contributed by atoms with Crippen LogP contribution in [0, 0.1) is 0 Å². The van der Waals surface area contributed by atoms with Gasteiger partial charge in [0.15, 0.2) is 0 Å². The van der Waals surface area contributed by atoms with Gasteiger partial charge in [0.05, 0.1) is 24.7 Å². The van der Waals surface area contributed by atoms with Crippen molar-refractivity contribution in [2.75, 3.05) is 49.5 Å². The lowest BCUT2D eigenvalue weighted by atomic mass is 10.2. The van der Waals surface area contributed by atoms with Gasteiger partial charge >= 0.3 is 0 Å². The summed E-state index contributed by atoms with van der Waals surface area (Å²) in [6, 6.07) is 7.00. The average molecular weight is 367 g/mol. The highest BCUT2D eigenvalue weighted by Gasteiger charge is 2.28. The third kappa shape index (κ3) is 4.31. The number of carbonyl (C=O) groups is 1. The molecule has 2 fully saturated rings. The Labute approximate surface area is 149 Å². The first kappa shape index (κ1) is 18.2. The molecule has 0 radical (unpaired) electrons. The first-order valence-electron chi connectivity index (χ1n) is 8.68. The topological polar surface area (TPSA) is 79.0 Å². The van der Waals surface area contributed by atoms with Crippen molar-refractivity contribution >= 4 is 21.6 Å². The molecule has 1 aromatic rings. The standard InChI is InChI=1S/C17H25N3O4S/c1-14(19-8-10-24-11-9-19)13-18-17(21)15-3-5-16(6-4-15)20-7-2-12-25(20,22)23/h3-6,14H,2,7-13H2,1H3,(H,18,21). The number of hydrogen-bond donors (Lipinski definition) is 1. The Balaban J connectivity index is 1.55.